The standard InChI is InChI=1S/C19H16ClN3O3S/c1-26-13-5-7-17-15(9-13)19-18(3-2-8-22-19)23(17)11-12-4-6-14(10-16(12)20)27(21,24)25/h2-10H,11H2,1H3,(H2,21,24,25). The third-order valence-electron chi connectivity index (χ3n) is 4.51. The van der Waals surface area contributed by atoms with E-state index in [-0.39, 0.29) is 4.90 Å². The van der Waals surface area contributed by atoms with Crippen LogP contribution < -0.4 is 9.88 Å². The predicted molar refractivity (Wildman–Crippen MR) is 106 cm³/mol. The smallest absolute Gasteiger partial charge is 0.238 e. The molecule has 0 aliphatic carbocycles. The van der Waals surface area contributed by atoms with Gasteiger partial charge in [0, 0.05) is 23.2 Å². The van der Waals surface area contributed by atoms with Crippen LogP contribution in [0.3, 0.4) is 0 Å². The summed E-state index contributed by atoms with van der Waals surface area (Å²) in [4.78, 5) is 4.50. The van der Waals surface area contributed by atoms with Gasteiger partial charge in [0.1, 0.15) is 5.75 Å². The Balaban J connectivity index is 1.89. The Kier molecular flexibility index (Phi) is 4.30. The molecule has 0 saturated carbocycles. The Morgan fingerprint density at radius 3 is 2.67 bits per heavy atom. The first-order valence-corrected chi connectivity index (χ1v) is 10.0. The lowest BCUT2D eigenvalue weighted by Crippen LogP contribution is -2.12. The largest absolute Gasteiger partial charge is 0.497 e. The van der Waals surface area contributed by atoms with Crippen LogP contribution in [-0.2, 0) is 16.6 Å². The molecule has 138 valence electrons. The van der Waals surface area contributed by atoms with Crippen molar-refractivity contribution in [2.75, 3.05) is 7.11 Å². The predicted octanol–water partition coefficient (Wildman–Crippen LogP) is 3.55. The molecule has 0 aliphatic rings. The zero-order valence-electron chi connectivity index (χ0n) is 14.4. The maximum Gasteiger partial charge on any atom is 0.238 e. The van der Waals surface area contributed by atoms with E-state index in [2.05, 4.69) is 9.55 Å². The fraction of sp³-hybridized carbons (Fsp3) is 0.105. The number of benzene rings is 2. The molecule has 0 amide bonds. The van der Waals surface area contributed by atoms with Crippen molar-refractivity contribution in [2.45, 2.75) is 11.4 Å². The van der Waals surface area contributed by atoms with Crippen LogP contribution in [0.2, 0.25) is 5.02 Å². The lowest BCUT2D eigenvalue weighted by Gasteiger charge is -2.10. The van der Waals surface area contributed by atoms with Gasteiger partial charge in [-0.2, -0.15) is 0 Å². The van der Waals surface area contributed by atoms with Crippen molar-refractivity contribution < 1.29 is 13.2 Å². The van der Waals surface area contributed by atoms with Crippen molar-refractivity contribution in [2.24, 2.45) is 5.14 Å². The summed E-state index contributed by atoms with van der Waals surface area (Å²) < 4.78 is 30.5. The number of halogens is 1. The summed E-state index contributed by atoms with van der Waals surface area (Å²) >= 11 is 6.33. The highest BCUT2D eigenvalue weighted by atomic mass is 35.5. The monoisotopic (exact) mass is 401 g/mol. The average molecular weight is 402 g/mol. The van der Waals surface area contributed by atoms with Crippen LogP contribution in [0.4, 0.5) is 0 Å². The van der Waals surface area contributed by atoms with Gasteiger partial charge in [-0.3, -0.25) is 4.98 Å². The summed E-state index contributed by atoms with van der Waals surface area (Å²) in [6.07, 6.45) is 1.75. The second-order valence-electron chi connectivity index (χ2n) is 6.14. The molecule has 0 unspecified atom stereocenters. The molecule has 0 aliphatic heterocycles. The first kappa shape index (κ1) is 17.8. The normalized spacial score (nSPS) is 12.0. The number of fused-ring (bicyclic) bond motifs is 3. The Morgan fingerprint density at radius 1 is 1.15 bits per heavy atom. The minimum atomic E-state index is -3.80. The molecule has 0 atom stereocenters. The maximum absolute atomic E-state index is 11.5. The lowest BCUT2D eigenvalue weighted by molar-refractivity contribution is 0.415. The van der Waals surface area contributed by atoms with Crippen molar-refractivity contribution in [3.05, 3.63) is 65.3 Å². The highest BCUT2D eigenvalue weighted by Crippen LogP contribution is 2.32. The molecule has 0 bridgehead atoms. The molecule has 0 spiro atoms. The molecule has 2 heterocycles. The number of ether oxygens (including phenoxy) is 1. The lowest BCUT2D eigenvalue weighted by atomic mass is 10.2. The topological polar surface area (TPSA) is 87.2 Å². The van der Waals surface area contributed by atoms with Crippen molar-refractivity contribution in [1.82, 2.24) is 9.55 Å². The van der Waals surface area contributed by atoms with Crippen molar-refractivity contribution >= 4 is 43.6 Å². The van der Waals surface area contributed by atoms with Gasteiger partial charge in [-0.1, -0.05) is 17.7 Å². The highest BCUT2D eigenvalue weighted by molar-refractivity contribution is 7.89. The molecule has 2 aromatic carbocycles. The number of nitrogens with zero attached hydrogens (tertiary/aromatic N) is 2. The van der Waals surface area contributed by atoms with Gasteiger partial charge in [0.25, 0.3) is 0 Å². The quantitative estimate of drug-likeness (QED) is 0.566. The Morgan fingerprint density at radius 2 is 1.96 bits per heavy atom. The van der Waals surface area contributed by atoms with E-state index >= 15 is 0 Å². The summed E-state index contributed by atoms with van der Waals surface area (Å²) in [5, 5.41) is 6.49. The molecule has 0 saturated heterocycles. The van der Waals surface area contributed by atoms with Gasteiger partial charge in [0.2, 0.25) is 10.0 Å². The number of sulfonamides is 1. The molecular weight excluding hydrogens is 386 g/mol. The molecule has 6 nitrogen and oxygen atoms in total. The van der Waals surface area contributed by atoms with Crippen LogP contribution >= 0.6 is 11.6 Å². The number of aromatic nitrogens is 2. The molecule has 2 aromatic heterocycles. The van der Waals surface area contributed by atoms with Gasteiger partial charge in [-0.15, -0.1) is 0 Å². The van der Waals surface area contributed by atoms with Gasteiger partial charge in [-0.05, 0) is 48.0 Å². The van der Waals surface area contributed by atoms with Crippen LogP contribution in [-0.4, -0.2) is 25.1 Å². The molecule has 0 radical (unpaired) electrons. The average Bonchev–Trinajstić information content (AvgIpc) is 2.96. The summed E-state index contributed by atoms with van der Waals surface area (Å²) in [7, 11) is -2.17. The van der Waals surface area contributed by atoms with Crippen molar-refractivity contribution in [1.29, 1.82) is 0 Å². The molecule has 4 aromatic rings. The van der Waals surface area contributed by atoms with Gasteiger partial charge in [-0.25, -0.2) is 13.6 Å². The molecule has 0 fully saturated rings. The summed E-state index contributed by atoms with van der Waals surface area (Å²) in [5.74, 6) is 0.753. The number of primary sulfonamides is 1. The van der Waals surface area contributed by atoms with Crippen LogP contribution in [0.1, 0.15) is 5.56 Å². The first-order valence-electron chi connectivity index (χ1n) is 8.10. The molecular formula is C19H16ClN3O3S. The Hall–Kier alpha value is -2.61. The van der Waals surface area contributed by atoms with Gasteiger partial charge >= 0.3 is 0 Å². The van der Waals surface area contributed by atoms with E-state index in [0.717, 1.165) is 33.2 Å². The highest BCUT2D eigenvalue weighted by Gasteiger charge is 2.15. The maximum atomic E-state index is 11.5. The number of hydrogen-bond donors (Lipinski definition) is 1. The van der Waals surface area contributed by atoms with Crippen LogP contribution in [0.15, 0.2) is 59.6 Å². The molecule has 27 heavy (non-hydrogen) atoms. The Labute approximate surface area is 161 Å². The second kappa shape index (κ2) is 6.53. The fourth-order valence-electron chi connectivity index (χ4n) is 3.19. The fourth-order valence-corrected chi connectivity index (χ4v) is 4.04. The van der Waals surface area contributed by atoms with E-state index in [1.807, 2.05) is 30.3 Å². The number of pyridine rings is 1. The number of rotatable bonds is 4. The van der Waals surface area contributed by atoms with Gasteiger partial charge in [0.05, 0.1) is 28.6 Å². The SMILES string of the molecule is COc1ccc2c(c1)c1ncccc1n2Cc1ccc(S(N)(=O)=O)cc1Cl. The Bertz CT molecular complexity index is 1280. The van der Waals surface area contributed by atoms with E-state index in [1.54, 1.807) is 19.4 Å². The van der Waals surface area contributed by atoms with Crippen molar-refractivity contribution in [3.63, 3.8) is 0 Å². The number of hydrogen-bond acceptors (Lipinski definition) is 4. The van der Waals surface area contributed by atoms with E-state index < -0.39 is 10.0 Å². The van der Waals surface area contributed by atoms with Crippen LogP contribution in [0.25, 0.3) is 21.9 Å². The molecule has 8 heteroatoms. The van der Waals surface area contributed by atoms with Gasteiger partial charge in [0.15, 0.2) is 0 Å². The first-order chi connectivity index (χ1) is 12.9. The third kappa shape index (κ3) is 3.14. The van der Waals surface area contributed by atoms with Crippen LogP contribution in [0, 0.1) is 0 Å². The number of nitrogens with two attached hydrogens (primary N) is 1. The van der Waals surface area contributed by atoms with Crippen molar-refractivity contribution in [3.8, 4) is 5.75 Å². The van der Waals surface area contributed by atoms with Gasteiger partial charge < -0.3 is 9.30 Å². The van der Waals surface area contributed by atoms with E-state index in [0.29, 0.717) is 11.6 Å². The van der Waals surface area contributed by atoms with E-state index in [9.17, 15) is 8.42 Å². The summed E-state index contributed by atoms with van der Waals surface area (Å²) in [6, 6.07) is 14.2. The molecule has 2 N–H and O–H groups in total. The minimum absolute atomic E-state index is 0.00937. The second-order valence-corrected chi connectivity index (χ2v) is 8.11. The van der Waals surface area contributed by atoms with E-state index in [1.165, 1.54) is 12.1 Å². The third-order valence-corrected chi connectivity index (χ3v) is 5.77. The van der Waals surface area contributed by atoms with E-state index in [4.69, 9.17) is 21.5 Å². The number of methoxy groups -OCH3 is 1. The van der Waals surface area contributed by atoms with Crippen LogP contribution in [0.5, 0.6) is 5.75 Å². The minimum Gasteiger partial charge on any atom is -0.497 e. The summed E-state index contributed by atoms with van der Waals surface area (Å²) in [6.45, 7) is 0.460. The molecule has 4 rings (SSSR count). The zero-order valence-corrected chi connectivity index (χ0v) is 16.0. The summed E-state index contributed by atoms with van der Waals surface area (Å²) in [5.41, 5.74) is 3.58. The zero-order chi connectivity index (χ0) is 19.2.